The van der Waals surface area contributed by atoms with Crippen molar-refractivity contribution in [1.82, 2.24) is 0 Å². The fourth-order valence-corrected chi connectivity index (χ4v) is 0.247. The highest BCUT2D eigenvalue weighted by Gasteiger charge is 2.12. The zero-order chi connectivity index (χ0) is 8.15. The fraction of sp³-hybridized carbons (Fsp3) is 0.500. The molecule has 0 bridgehead atoms. The van der Waals surface area contributed by atoms with Crippen LogP contribution in [0.1, 0.15) is 20.3 Å². The van der Waals surface area contributed by atoms with Crippen LogP contribution in [0.4, 0.5) is 0 Å². The summed E-state index contributed by atoms with van der Waals surface area (Å²) < 4.78 is 4.03. The van der Waals surface area contributed by atoms with Crippen LogP contribution in [0.5, 0.6) is 0 Å². The summed E-state index contributed by atoms with van der Waals surface area (Å²) >= 11 is 0. The van der Waals surface area contributed by atoms with E-state index in [9.17, 15) is 14.4 Å². The summed E-state index contributed by atoms with van der Waals surface area (Å²) in [5, 5.41) is 0. The lowest BCUT2D eigenvalue weighted by molar-refractivity contribution is -0.163. The zero-order valence-corrected chi connectivity index (χ0v) is 5.84. The number of carbonyl (C=O) groups is 3. The maximum Gasteiger partial charge on any atom is 0.381 e. The zero-order valence-electron chi connectivity index (χ0n) is 5.84. The Balaban J connectivity index is 3.80. The lowest BCUT2D eigenvalue weighted by atomic mass is 10.4. The van der Waals surface area contributed by atoms with Crippen molar-refractivity contribution in [3.63, 3.8) is 0 Å². The summed E-state index contributed by atoms with van der Waals surface area (Å²) in [5.41, 5.74) is 0. The van der Waals surface area contributed by atoms with Crippen molar-refractivity contribution >= 4 is 17.7 Å². The molecular formula is C6H8O4. The topological polar surface area (TPSA) is 60.4 Å². The SMILES string of the molecule is CCC(=O)OC(=O)C(C)=O. The Bertz CT molecular complexity index is 171. The Kier molecular flexibility index (Phi) is 3.32. The van der Waals surface area contributed by atoms with Gasteiger partial charge in [-0.3, -0.25) is 9.59 Å². The minimum Gasteiger partial charge on any atom is -0.387 e. The second-order valence-electron chi connectivity index (χ2n) is 1.67. The van der Waals surface area contributed by atoms with Gasteiger partial charge in [-0.1, -0.05) is 6.92 Å². The molecule has 56 valence electrons. The van der Waals surface area contributed by atoms with E-state index in [0.717, 1.165) is 6.92 Å². The van der Waals surface area contributed by atoms with Gasteiger partial charge < -0.3 is 4.74 Å². The number of hydrogen-bond acceptors (Lipinski definition) is 4. The maximum absolute atomic E-state index is 10.3. The highest BCUT2D eigenvalue weighted by molar-refractivity contribution is 6.34. The Labute approximate surface area is 58.2 Å². The van der Waals surface area contributed by atoms with Gasteiger partial charge in [0.25, 0.3) is 0 Å². The van der Waals surface area contributed by atoms with E-state index < -0.39 is 17.7 Å². The van der Waals surface area contributed by atoms with Crippen LogP contribution in [0.15, 0.2) is 0 Å². The lowest BCUT2D eigenvalue weighted by Crippen LogP contribution is -2.17. The van der Waals surface area contributed by atoms with Crippen LogP contribution >= 0.6 is 0 Å². The molecular weight excluding hydrogens is 136 g/mol. The van der Waals surface area contributed by atoms with Crippen LogP contribution in [-0.2, 0) is 19.1 Å². The van der Waals surface area contributed by atoms with Crippen LogP contribution in [0.2, 0.25) is 0 Å². The molecule has 0 radical (unpaired) electrons. The van der Waals surface area contributed by atoms with E-state index in [1.54, 1.807) is 0 Å². The molecule has 0 aliphatic rings. The van der Waals surface area contributed by atoms with Gasteiger partial charge in [0.05, 0.1) is 0 Å². The van der Waals surface area contributed by atoms with Crippen molar-refractivity contribution in [3.05, 3.63) is 0 Å². The summed E-state index contributed by atoms with van der Waals surface area (Å²) in [6.07, 6.45) is 0.0962. The molecule has 4 heteroatoms. The number of Topliss-reactive ketones (excluding diaryl/α,β-unsaturated/α-hetero) is 1. The van der Waals surface area contributed by atoms with E-state index in [-0.39, 0.29) is 6.42 Å². The molecule has 0 aromatic carbocycles. The van der Waals surface area contributed by atoms with Crippen molar-refractivity contribution in [3.8, 4) is 0 Å². The molecule has 0 heterocycles. The van der Waals surface area contributed by atoms with E-state index in [1.807, 2.05) is 0 Å². The summed E-state index contributed by atoms with van der Waals surface area (Å²) in [7, 11) is 0. The molecule has 0 fully saturated rings. The molecule has 0 atom stereocenters. The molecule has 0 rings (SSSR count). The minimum absolute atomic E-state index is 0.0962. The van der Waals surface area contributed by atoms with Gasteiger partial charge >= 0.3 is 11.9 Å². The smallest absolute Gasteiger partial charge is 0.381 e. The maximum atomic E-state index is 10.3. The molecule has 10 heavy (non-hydrogen) atoms. The van der Waals surface area contributed by atoms with Crippen LogP contribution in [-0.4, -0.2) is 17.7 Å². The third-order valence-electron chi connectivity index (χ3n) is 0.783. The van der Waals surface area contributed by atoms with Crippen LogP contribution < -0.4 is 0 Å². The van der Waals surface area contributed by atoms with Gasteiger partial charge in [0.15, 0.2) is 0 Å². The normalized spacial score (nSPS) is 8.60. The number of carbonyl (C=O) groups excluding carboxylic acids is 3. The van der Waals surface area contributed by atoms with Crippen molar-refractivity contribution < 1.29 is 19.1 Å². The lowest BCUT2D eigenvalue weighted by Gasteiger charge is -1.94. The average molecular weight is 144 g/mol. The van der Waals surface area contributed by atoms with Crippen molar-refractivity contribution in [2.24, 2.45) is 0 Å². The first-order chi connectivity index (χ1) is 4.57. The van der Waals surface area contributed by atoms with Crippen LogP contribution in [0.3, 0.4) is 0 Å². The largest absolute Gasteiger partial charge is 0.387 e. The van der Waals surface area contributed by atoms with Gasteiger partial charge in [-0.2, -0.15) is 0 Å². The molecule has 0 spiro atoms. The molecule has 4 nitrogen and oxygen atoms in total. The highest BCUT2D eigenvalue weighted by Crippen LogP contribution is 1.86. The third kappa shape index (κ3) is 2.96. The third-order valence-corrected chi connectivity index (χ3v) is 0.783. The second-order valence-corrected chi connectivity index (χ2v) is 1.67. The van der Waals surface area contributed by atoms with E-state index >= 15 is 0 Å². The van der Waals surface area contributed by atoms with Gasteiger partial charge in [-0.15, -0.1) is 0 Å². The van der Waals surface area contributed by atoms with E-state index in [0.29, 0.717) is 0 Å². The second kappa shape index (κ2) is 3.76. The number of esters is 2. The van der Waals surface area contributed by atoms with Crippen LogP contribution in [0.25, 0.3) is 0 Å². The quantitative estimate of drug-likeness (QED) is 0.312. The molecule has 0 unspecified atom stereocenters. The Morgan fingerprint density at radius 1 is 1.30 bits per heavy atom. The number of hydrogen-bond donors (Lipinski definition) is 0. The Morgan fingerprint density at radius 3 is 2.10 bits per heavy atom. The predicted molar refractivity (Wildman–Crippen MR) is 32.1 cm³/mol. The van der Waals surface area contributed by atoms with Gasteiger partial charge in [-0.05, 0) is 0 Å². The highest BCUT2D eigenvalue weighted by atomic mass is 16.6. The molecule has 0 amide bonds. The first-order valence-electron chi connectivity index (χ1n) is 2.83. The number of ether oxygens (including phenoxy) is 1. The molecule has 0 aromatic rings. The van der Waals surface area contributed by atoms with Gasteiger partial charge in [-0.25, -0.2) is 4.79 Å². The molecule has 0 saturated heterocycles. The summed E-state index contributed by atoms with van der Waals surface area (Å²) in [5.74, 6) is -2.53. The summed E-state index contributed by atoms with van der Waals surface area (Å²) in [6.45, 7) is 2.58. The average Bonchev–Trinajstić information content (AvgIpc) is 1.87. The number of rotatable bonds is 2. The first-order valence-corrected chi connectivity index (χ1v) is 2.83. The molecule has 0 aliphatic carbocycles. The summed E-state index contributed by atoms with van der Waals surface area (Å²) in [6, 6.07) is 0. The molecule has 0 aromatic heterocycles. The van der Waals surface area contributed by atoms with E-state index in [4.69, 9.17) is 0 Å². The molecule has 0 N–H and O–H groups in total. The van der Waals surface area contributed by atoms with Gasteiger partial charge in [0.2, 0.25) is 5.78 Å². The van der Waals surface area contributed by atoms with Gasteiger partial charge in [0.1, 0.15) is 0 Å². The van der Waals surface area contributed by atoms with E-state index in [1.165, 1.54) is 6.92 Å². The fourth-order valence-electron chi connectivity index (χ4n) is 0.247. The minimum atomic E-state index is -1.09. The molecule has 0 saturated carbocycles. The van der Waals surface area contributed by atoms with Crippen LogP contribution in [0, 0.1) is 0 Å². The predicted octanol–water partition coefficient (Wildman–Crippen LogP) is 0.0552. The van der Waals surface area contributed by atoms with Crippen molar-refractivity contribution in [1.29, 1.82) is 0 Å². The Hall–Kier alpha value is -1.19. The standard InChI is InChI=1S/C6H8O4/c1-3-5(8)10-6(9)4(2)7/h3H2,1-2H3. The molecule has 0 aliphatic heterocycles. The Morgan fingerprint density at radius 2 is 1.80 bits per heavy atom. The van der Waals surface area contributed by atoms with E-state index in [2.05, 4.69) is 4.74 Å². The van der Waals surface area contributed by atoms with Gasteiger partial charge in [0, 0.05) is 13.3 Å². The first kappa shape index (κ1) is 8.81. The number of ketones is 1. The summed E-state index contributed by atoms with van der Waals surface area (Å²) in [4.78, 5) is 30.8. The monoisotopic (exact) mass is 144 g/mol. The van der Waals surface area contributed by atoms with Crippen molar-refractivity contribution in [2.75, 3.05) is 0 Å². The van der Waals surface area contributed by atoms with Crippen molar-refractivity contribution in [2.45, 2.75) is 20.3 Å².